The summed E-state index contributed by atoms with van der Waals surface area (Å²) >= 11 is 5.83. The molecule has 102 valence electrons. The maximum Gasteiger partial charge on any atom is 0.288 e. The number of pyridine rings is 1. The molecule has 1 fully saturated rings. The van der Waals surface area contributed by atoms with E-state index in [1.165, 1.54) is 0 Å². The normalized spacial score (nSPS) is 15.1. The maximum atomic E-state index is 12.1. The van der Waals surface area contributed by atoms with Gasteiger partial charge in [0, 0.05) is 11.6 Å². The minimum absolute atomic E-state index is 0.0320. The van der Waals surface area contributed by atoms with Crippen LogP contribution in [0.5, 0.6) is 0 Å². The van der Waals surface area contributed by atoms with Crippen molar-refractivity contribution in [2.75, 3.05) is 0 Å². The van der Waals surface area contributed by atoms with Crippen LogP contribution in [0.1, 0.15) is 37.0 Å². The number of amides is 1. The zero-order chi connectivity index (χ0) is 14.2. The lowest BCUT2D eigenvalue weighted by Crippen LogP contribution is -2.45. The lowest BCUT2D eigenvalue weighted by molar-refractivity contribution is -0.385. The number of aromatic nitrogens is 1. The topological polar surface area (TPSA) is 85.1 Å². The lowest BCUT2D eigenvalue weighted by Gasteiger charge is -2.26. The highest BCUT2D eigenvalue weighted by atomic mass is 35.5. The molecule has 0 radical (unpaired) electrons. The zero-order valence-electron chi connectivity index (χ0n) is 10.6. The molecule has 7 heteroatoms. The smallest absolute Gasteiger partial charge is 0.288 e. The molecule has 1 aliphatic rings. The summed E-state index contributed by atoms with van der Waals surface area (Å²) in [5.74, 6) is 0.0139. The standard InChI is InChI=1S/C12H14ClN3O3/c1-12(2,7-3-4-7)15-11(17)9-5-8(16(18)19)6-14-10(9)13/h5-7H,3-4H2,1-2H3,(H,15,17). The molecule has 1 saturated carbocycles. The third kappa shape index (κ3) is 3.01. The first-order valence-corrected chi connectivity index (χ1v) is 6.31. The van der Waals surface area contributed by atoms with Gasteiger partial charge in [-0.3, -0.25) is 14.9 Å². The second kappa shape index (κ2) is 4.77. The molecule has 0 spiro atoms. The number of nitrogens with one attached hydrogen (secondary N) is 1. The molecule has 0 aromatic carbocycles. The van der Waals surface area contributed by atoms with E-state index in [1.807, 2.05) is 13.8 Å². The molecule has 1 amide bonds. The van der Waals surface area contributed by atoms with E-state index in [0.717, 1.165) is 25.1 Å². The Morgan fingerprint density at radius 3 is 2.74 bits per heavy atom. The van der Waals surface area contributed by atoms with E-state index in [1.54, 1.807) is 0 Å². The molecule has 0 unspecified atom stereocenters. The Hall–Kier alpha value is -1.69. The summed E-state index contributed by atoms with van der Waals surface area (Å²) in [5.41, 5.74) is -0.561. The predicted octanol–water partition coefficient (Wildman–Crippen LogP) is 2.56. The van der Waals surface area contributed by atoms with Gasteiger partial charge in [-0.05, 0) is 32.6 Å². The van der Waals surface area contributed by atoms with Gasteiger partial charge in [-0.25, -0.2) is 4.98 Å². The second-order valence-electron chi connectivity index (χ2n) is 5.24. The molecule has 0 bridgehead atoms. The van der Waals surface area contributed by atoms with Gasteiger partial charge in [0.25, 0.3) is 11.6 Å². The van der Waals surface area contributed by atoms with Gasteiger partial charge >= 0.3 is 0 Å². The average molecular weight is 284 g/mol. The Morgan fingerprint density at radius 1 is 1.58 bits per heavy atom. The van der Waals surface area contributed by atoms with E-state index in [2.05, 4.69) is 10.3 Å². The van der Waals surface area contributed by atoms with Crippen molar-refractivity contribution < 1.29 is 9.72 Å². The molecule has 1 aromatic heterocycles. The highest BCUT2D eigenvalue weighted by Crippen LogP contribution is 2.39. The maximum absolute atomic E-state index is 12.1. The largest absolute Gasteiger partial charge is 0.347 e. The fourth-order valence-electron chi connectivity index (χ4n) is 1.96. The van der Waals surface area contributed by atoms with E-state index in [0.29, 0.717) is 5.92 Å². The summed E-state index contributed by atoms with van der Waals surface area (Å²) in [5, 5.41) is 13.5. The van der Waals surface area contributed by atoms with E-state index in [9.17, 15) is 14.9 Å². The molecule has 2 rings (SSSR count). The van der Waals surface area contributed by atoms with Crippen LogP contribution >= 0.6 is 11.6 Å². The SMILES string of the molecule is CC(C)(NC(=O)c1cc([N+](=O)[O-])cnc1Cl)C1CC1. The fourth-order valence-corrected chi connectivity index (χ4v) is 2.15. The van der Waals surface area contributed by atoms with Crippen LogP contribution in [0.4, 0.5) is 5.69 Å². The second-order valence-corrected chi connectivity index (χ2v) is 5.60. The zero-order valence-corrected chi connectivity index (χ0v) is 11.4. The third-order valence-electron chi connectivity index (χ3n) is 3.31. The van der Waals surface area contributed by atoms with Crippen LogP contribution in [-0.4, -0.2) is 21.4 Å². The van der Waals surface area contributed by atoms with Gasteiger partial charge in [0.2, 0.25) is 0 Å². The molecule has 1 aromatic rings. The Labute approximate surface area is 115 Å². The minimum atomic E-state index is -0.605. The first-order valence-electron chi connectivity index (χ1n) is 5.93. The molecule has 0 aliphatic heterocycles. The molecular formula is C12H14ClN3O3. The predicted molar refractivity (Wildman–Crippen MR) is 70.2 cm³/mol. The highest BCUT2D eigenvalue weighted by Gasteiger charge is 2.39. The molecule has 1 heterocycles. The number of carbonyl (C=O) groups excluding carboxylic acids is 1. The van der Waals surface area contributed by atoms with Gasteiger partial charge in [-0.1, -0.05) is 11.6 Å². The summed E-state index contributed by atoms with van der Waals surface area (Å²) < 4.78 is 0. The van der Waals surface area contributed by atoms with Gasteiger partial charge in [0.05, 0.1) is 10.5 Å². The van der Waals surface area contributed by atoms with Crippen molar-refractivity contribution in [2.24, 2.45) is 5.92 Å². The molecule has 0 saturated heterocycles. The van der Waals surface area contributed by atoms with E-state index in [4.69, 9.17) is 11.6 Å². The number of halogens is 1. The summed E-state index contributed by atoms with van der Waals surface area (Å²) in [6.45, 7) is 3.86. The average Bonchev–Trinajstić information content (AvgIpc) is 3.12. The first-order chi connectivity index (χ1) is 8.81. The number of hydrogen-bond donors (Lipinski definition) is 1. The van der Waals surface area contributed by atoms with Crippen LogP contribution in [-0.2, 0) is 0 Å². The van der Waals surface area contributed by atoms with Crippen LogP contribution in [0.25, 0.3) is 0 Å². The van der Waals surface area contributed by atoms with Crippen molar-refractivity contribution >= 4 is 23.2 Å². The fraction of sp³-hybridized carbons (Fsp3) is 0.500. The summed E-state index contributed by atoms with van der Waals surface area (Å²) in [6, 6.07) is 1.15. The number of nitrogens with zero attached hydrogens (tertiary/aromatic N) is 2. The Bertz CT molecular complexity index is 541. The van der Waals surface area contributed by atoms with Gasteiger partial charge in [0.1, 0.15) is 11.3 Å². The van der Waals surface area contributed by atoms with E-state index < -0.39 is 10.8 Å². The van der Waals surface area contributed by atoms with Crippen LogP contribution in [0, 0.1) is 16.0 Å². The molecular weight excluding hydrogens is 270 g/mol. The number of carbonyl (C=O) groups is 1. The number of hydrogen-bond acceptors (Lipinski definition) is 4. The molecule has 0 atom stereocenters. The summed E-state index contributed by atoms with van der Waals surface area (Å²) in [4.78, 5) is 25.9. The van der Waals surface area contributed by atoms with Crippen LogP contribution < -0.4 is 5.32 Å². The molecule has 6 nitrogen and oxygen atoms in total. The molecule has 1 aliphatic carbocycles. The lowest BCUT2D eigenvalue weighted by atomic mass is 9.98. The third-order valence-corrected chi connectivity index (χ3v) is 3.61. The number of nitro groups is 1. The van der Waals surface area contributed by atoms with E-state index >= 15 is 0 Å². The van der Waals surface area contributed by atoms with Crippen LogP contribution in [0.3, 0.4) is 0 Å². The summed E-state index contributed by atoms with van der Waals surface area (Å²) in [6.07, 6.45) is 3.19. The molecule has 19 heavy (non-hydrogen) atoms. The van der Waals surface area contributed by atoms with Crippen molar-refractivity contribution in [3.8, 4) is 0 Å². The first kappa shape index (κ1) is 13.7. The van der Waals surface area contributed by atoms with Gasteiger partial charge < -0.3 is 5.32 Å². The van der Waals surface area contributed by atoms with Crippen molar-refractivity contribution in [3.05, 3.63) is 33.1 Å². The van der Waals surface area contributed by atoms with Gasteiger partial charge in [0.15, 0.2) is 0 Å². The quantitative estimate of drug-likeness (QED) is 0.523. The monoisotopic (exact) mass is 283 g/mol. The van der Waals surface area contributed by atoms with Crippen molar-refractivity contribution in [3.63, 3.8) is 0 Å². The van der Waals surface area contributed by atoms with Gasteiger partial charge in [-0.2, -0.15) is 0 Å². The Morgan fingerprint density at radius 2 is 2.21 bits per heavy atom. The van der Waals surface area contributed by atoms with E-state index in [-0.39, 0.29) is 21.9 Å². The summed E-state index contributed by atoms with van der Waals surface area (Å²) in [7, 11) is 0. The van der Waals surface area contributed by atoms with Gasteiger partial charge in [-0.15, -0.1) is 0 Å². The van der Waals surface area contributed by atoms with Crippen molar-refractivity contribution in [2.45, 2.75) is 32.2 Å². The molecule has 1 N–H and O–H groups in total. The number of rotatable bonds is 4. The Kier molecular flexibility index (Phi) is 3.45. The highest BCUT2D eigenvalue weighted by molar-refractivity contribution is 6.32. The Balaban J connectivity index is 2.23. The minimum Gasteiger partial charge on any atom is -0.347 e. The van der Waals surface area contributed by atoms with Crippen molar-refractivity contribution in [1.29, 1.82) is 0 Å². The van der Waals surface area contributed by atoms with Crippen molar-refractivity contribution in [1.82, 2.24) is 10.3 Å². The van der Waals surface area contributed by atoms with Crippen LogP contribution in [0.2, 0.25) is 5.15 Å². The van der Waals surface area contributed by atoms with Crippen LogP contribution in [0.15, 0.2) is 12.3 Å².